The molecule has 4 nitrogen and oxygen atoms in total. The molecule has 0 aliphatic heterocycles. The highest BCUT2D eigenvalue weighted by atomic mass is 79.9. The smallest absolute Gasteiger partial charge is 0.343 e. The first-order valence-corrected chi connectivity index (χ1v) is 8.55. The van der Waals surface area contributed by atoms with Crippen molar-refractivity contribution in [2.45, 2.75) is 32.6 Å². The first-order valence-electron chi connectivity index (χ1n) is 6.17. The summed E-state index contributed by atoms with van der Waals surface area (Å²) < 4.78 is 6.14. The molecule has 0 amide bonds. The summed E-state index contributed by atoms with van der Waals surface area (Å²) in [5.41, 5.74) is -0.0898. The van der Waals surface area contributed by atoms with Crippen LogP contribution in [-0.4, -0.2) is 22.8 Å². The SMILES string of the molecule is CCCCCCOC(=O)c1c(O)c(O)c(Br)c(Br)c1Br. The van der Waals surface area contributed by atoms with Gasteiger partial charge in [0.2, 0.25) is 0 Å². The molecule has 0 heterocycles. The van der Waals surface area contributed by atoms with Gasteiger partial charge in [0.1, 0.15) is 5.56 Å². The largest absolute Gasteiger partial charge is 0.504 e. The minimum atomic E-state index is -0.672. The van der Waals surface area contributed by atoms with Crippen molar-refractivity contribution in [3.63, 3.8) is 0 Å². The third-order valence-electron chi connectivity index (χ3n) is 2.71. The molecule has 0 spiro atoms. The second-order valence-corrected chi connectivity index (χ2v) is 6.59. The zero-order valence-electron chi connectivity index (χ0n) is 10.9. The molecule has 112 valence electrons. The lowest BCUT2D eigenvalue weighted by atomic mass is 10.2. The van der Waals surface area contributed by atoms with E-state index in [1.807, 2.05) is 0 Å². The van der Waals surface area contributed by atoms with Crippen molar-refractivity contribution in [1.29, 1.82) is 0 Å². The van der Waals surface area contributed by atoms with Gasteiger partial charge in [-0.2, -0.15) is 0 Å². The first kappa shape index (κ1) is 17.8. The molecule has 0 radical (unpaired) electrons. The Morgan fingerprint density at radius 1 is 1.00 bits per heavy atom. The Bertz CT molecular complexity index is 474. The highest BCUT2D eigenvalue weighted by Crippen LogP contribution is 2.46. The second kappa shape index (κ2) is 8.24. The molecule has 0 fully saturated rings. The normalized spacial score (nSPS) is 10.6. The number of ether oxygens (including phenoxy) is 1. The highest BCUT2D eigenvalue weighted by molar-refractivity contribution is 9.14. The lowest BCUT2D eigenvalue weighted by Gasteiger charge is -2.12. The number of aromatic hydroxyl groups is 2. The molecule has 2 N–H and O–H groups in total. The molecule has 20 heavy (non-hydrogen) atoms. The second-order valence-electron chi connectivity index (χ2n) is 4.21. The zero-order valence-corrected chi connectivity index (χ0v) is 15.6. The van der Waals surface area contributed by atoms with E-state index in [9.17, 15) is 15.0 Å². The summed E-state index contributed by atoms with van der Waals surface area (Å²) in [5.74, 6) is -1.59. The molecule has 7 heteroatoms. The van der Waals surface area contributed by atoms with Crippen LogP contribution in [0.4, 0.5) is 0 Å². The average Bonchev–Trinajstić information content (AvgIpc) is 2.43. The van der Waals surface area contributed by atoms with Gasteiger partial charge >= 0.3 is 5.97 Å². The van der Waals surface area contributed by atoms with Gasteiger partial charge in [0.25, 0.3) is 0 Å². The molecule has 0 bridgehead atoms. The average molecular weight is 475 g/mol. The van der Waals surface area contributed by atoms with Crippen LogP contribution in [0, 0.1) is 0 Å². The summed E-state index contributed by atoms with van der Waals surface area (Å²) in [7, 11) is 0. The van der Waals surface area contributed by atoms with Gasteiger partial charge in [-0.25, -0.2) is 4.79 Å². The maximum atomic E-state index is 12.0. The Hall–Kier alpha value is -0.270. The van der Waals surface area contributed by atoms with E-state index in [0.29, 0.717) is 15.6 Å². The minimum Gasteiger partial charge on any atom is -0.504 e. The van der Waals surface area contributed by atoms with Crippen molar-refractivity contribution in [3.8, 4) is 11.5 Å². The van der Waals surface area contributed by atoms with Crippen molar-refractivity contribution >= 4 is 53.8 Å². The molecule has 0 saturated heterocycles. The number of unbranched alkanes of at least 4 members (excludes halogenated alkanes) is 3. The summed E-state index contributed by atoms with van der Waals surface area (Å²) in [4.78, 5) is 12.0. The number of phenolic OH excluding ortho intramolecular Hbond substituents is 2. The molecule has 1 rings (SSSR count). The highest BCUT2D eigenvalue weighted by Gasteiger charge is 2.25. The monoisotopic (exact) mass is 472 g/mol. The number of carbonyl (C=O) groups excluding carboxylic acids is 1. The Labute approximate surface area is 142 Å². The fourth-order valence-corrected chi connectivity index (χ4v) is 3.17. The standard InChI is InChI=1S/C13H15Br3O4/c1-2-3-4-5-6-20-13(19)7-8(14)9(15)10(16)12(18)11(7)17/h17-18H,2-6H2,1H3. The predicted molar refractivity (Wildman–Crippen MR) is 87.3 cm³/mol. The van der Waals surface area contributed by atoms with Crippen LogP contribution in [0.15, 0.2) is 13.4 Å². The number of rotatable bonds is 6. The Balaban J connectivity index is 2.83. The molecule has 0 aliphatic rings. The molecular formula is C13H15Br3O4. The molecule has 0 saturated carbocycles. The van der Waals surface area contributed by atoms with E-state index >= 15 is 0 Å². The molecule has 0 unspecified atom stereocenters. The van der Waals surface area contributed by atoms with E-state index < -0.39 is 17.5 Å². The third kappa shape index (κ3) is 4.11. The molecule has 0 aromatic heterocycles. The first-order chi connectivity index (χ1) is 9.41. The fraction of sp³-hybridized carbons (Fsp3) is 0.462. The summed E-state index contributed by atoms with van der Waals surface area (Å²) in [6.45, 7) is 2.39. The lowest BCUT2D eigenvalue weighted by Crippen LogP contribution is -2.08. The molecule has 1 aromatic rings. The predicted octanol–water partition coefficient (Wildman–Crippen LogP) is 5.12. The van der Waals surface area contributed by atoms with Crippen LogP contribution in [0.1, 0.15) is 43.0 Å². The Morgan fingerprint density at radius 2 is 1.65 bits per heavy atom. The van der Waals surface area contributed by atoms with E-state index in [2.05, 4.69) is 54.7 Å². The molecular weight excluding hydrogens is 460 g/mol. The molecule has 0 aliphatic carbocycles. The number of hydrogen-bond acceptors (Lipinski definition) is 4. The van der Waals surface area contributed by atoms with Gasteiger partial charge in [0.05, 0.1) is 20.0 Å². The van der Waals surface area contributed by atoms with Crippen molar-refractivity contribution < 1.29 is 19.7 Å². The number of halogens is 3. The Kier molecular flexibility index (Phi) is 7.33. The lowest BCUT2D eigenvalue weighted by molar-refractivity contribution is 0.0492. The fourth-order valence-electron chi connectivity index (χ4n) is 1.59. The van der Waals surface area contributed by atoms with E-state index in [4.69, 9.17) is 4.74 Å². The Morgan fingerprint density at radius 3 is 2.25 bits per heavy atom. The van der Waals surface area contributed by atoms with Gasteiger partial charge in [0.15, 0.2) is 11.5 Å². The van der Waals surface area contributed by atoms with Crippen LogP contribution >= 0.6 is 47.8 Å². The molecule has 0 atom stereocenters. The quantitative estimate of drug-likeness (QED) is 0.260. The van der Waals surface area contributed by atoms with Gasteiger partial charge in [-0.3, -0.25) is 0 Å². The number of hydrogen-bond donors (Lipinski definition) is 2. The maximum absolute atomic E-state index is 12.0. The van der Waals surface area contributed by atoms with E-state index in [-0.39, 0.29) is 10.0 Å². The van der Waals surface area contributed by atoms with E-state index in [0.717, 1.165) is 25.7 Å². The van der Waals surface area contributed by atoms with Crippen LogP contribution in [-0.2, 0) is 4.74 Å². The van der Waals surface area contributed by atoms with Crippen molar-refractivity contribution in [2.75, 3.05) is 6.61 Å². The number of phenols is 2. The van der Waals surface area contributed by atoms with Crippen molar-refractivity contribution in [3.05, 3.63) is 19.0 Å². The van der Waals surface area contributed by atoms with Crippen LogP contribution in [0.3, 0.4) is 0 Å². The maximum Gasteiger partial charge on any atom is 0.343 e. The van der Waals surface area contributed by atoms with Crippen LogP contribution in [0.25, 0.3) is 0 Å². The number of esters is 1. The van der Waals surface area contributed by atoms with Gasteiger partial charge in [-0.1, -0.05) is 26.2 Å². The van der Waals surface area contributed by atoms with E-state index in [1.165, 1.54) is 0 Å². The van der Waals surface area contributed by atoms with Crippen molar-refractivity contribution in [2.24, 2.45) is 0 Å². The van der Waals surface area contributed by atoms with Gasteiger partial charge in [-0.15, -0.1) is 0 Å². The van der Waals surface area contributed by atoms with Crippen LogP contribution in [0.5, 0.6) is 11.5 Å². The van der Waals surface area contributed by atoms with Gasteiger partial charge in [0, 0.05) is 0 Å². The third-order valence-corrected chi connectivity index (χ3v) is 6.13. The van der Waals surface area contributed by atoms with E-state index in [1.54, 1.807) is 0 Å². The van der Waals surface area contributed by atoms with Crippen LogP contribution in [0.2, 0.25) is 0 Å². The van der Waals surface area contributed by atoms with Crippen molar-refractivity contribution in [1.82, 2.24) is 0 Å². The summed E-state index contributed by atoms with van der Waals surface area (Å²) in [6, 6.07) is 0. The molecule has 1 aromatic carbocycles. The minimum absolute atomic E-state index is 0.0898. The summed E-state index contributed by atoms with van der Waals surface area (Å²) in [5, 5.41) is 19.6. The number of benzene rings is 1. The van der Waals surface area contributed by atoms with Gasteiger partial charge in [-0.05, 0) is 54.2 Å². The van der Waals surface area contributed by atoms with Crippen LogP contribution < -0.4 is 0 Å². The van der Waals surface area contributed by atoms with Gasteiger partial charge < -0.3 is 14.9 Å². The summed E-state index contributed by atoms with van der Waals surface area (Å²) >= 11 is 9.52. The summed E-state index contributed by atoms with van der Waals surface area (Å²) in [6.07, 6.45) is 3.97. The zero-order chi connectivity index (χ0) is 15.3. The topological polar surface area (TPSA) is 66.8 Å². The number of carbonyl (C=O) groups is 1.